The number of amides is 1. The summed E-state index contributed by atoms with van der Waals surface area (Å²) in [5, 5.41) is 14.6. The van der Waals surface area contributed by atoms with E-state index >= 15 is 0 Å². The van der Waals surface area contributed by atoms with Crippen LogP contribution in [0.15, 0.2) is 60.8 Å². The van der Waals surface area contributed by atoms with Gasteiger partial charge in [-0.05, 0) is 48.0 Å². The molecule has 0 saturated heterocycles. The number of benzene rings is 2. The van der Waals surface area contributed by atoms with Crippen LogP contribution in [0.3, 0.4) is 0 Å². The second kappa shape index (κ2) is 9.37. The second-order valence-corrected chi connectivity index (χ2v) is 7.52. The first-order chi connectivity index (χ1) is 15.4. The summed E-state index contributed by atoms with van der Waals surface area (Å²) in [7, 11) is 0. The van der Waals surface area contributed by atoms with Crippen LogP contribution in [0, 0.1) is 0 Å². The number of carbonyl (C=O) groups excluding carboxylic acids is 1. The van der Waals surface area contributed by atoms with Gasteiger partial charge in [0.1, 0.15) is 16.5 Å². The maximum absolute atomic E-state index is 12.6. The molecular weight excluding hydrogens is 463 g/mol. The van der Waals surface area contributed by atoms with Gasteiger partial charge in [-0.25, -0.2) is 0 Å². The van der Waals surface area contributed by atoms with Crippen molar-refractivity contribution >= 4 is 34.9 Å². The number of hydrogen-bond acceptors (Lipinski definition) is 4. The van der Waals surface area contributed by atoms with Crippen LogP contribution in [0.4, 0.5) is 14.6 Å². The zero-order valence-corrected chi connectivity index (χ0v) is 17.7. The Balaban J connectivity index is 1.43. The fraction of sp³-hybridized carbons (Fsp3) is 0.0952. The van der Waals surface area contributed by atoms with Gasteiger partial charge in [-0.2, -0.15) is 19.0 Å². The normalized spacial score (nSPS) is 11.0. The van der Waals surface area contributed by atoms with E-state index < -0.39 is 12.5 Å². The fourth-order valence-corrected chi connectivity index (χ4v) is 3.23. The molecule has 4 aromatic rings. The lowest BCUT2D eigenvalue weighted by Gasteiger charge is -2.04. The molecule has 7 nitrogen and oxygen atoms in total. The van der Waals surface area contributed by atoms with E-state index in [2.05, 4.69) is 25.3 Å². The Morgan fingerprint density at radius 3 is 2.53 bits per heavy atom. The average Bonchev–Trinajstić information content (AvgIpc) is 3.37. The van der Waals surface area contributed by atoms with E-state index in [9.17, 15) is 13.6 Å². The van der Waals surface area contributed by atoms with Gasteiger partial charge in [0.2, 0.25) is 0 Å². The van der Waals surface area contributed by atoms with Gasteiger partial charge in [0.25, 0.3) is 5.91 Å². The van der Waals surface area contributed by atoms with Crippen molar-refractivity contribution in [1.82, 2.24) is 20.0 Å². The molecule has 1 amide bonds. The minimum Gasteiger partial charge on any atom is -0.435 e. The summed E-state index contributed by atoms with van der Waals surface area (Å²) in [5.74, 6) is -0.253. The predicted molar refractivity (Wildman–Crippen MR) is 116 cm³/mol. The van der Waals surface area contributed by atoms with Crippen LogP contribution in [0.1, 0.15) is 16.1 Å². The topological polar surface area (TPSA) is 84.8 Å². The van der Waals surface area contributed by atoms with Crippen molar-refractivity contribution in [1.29, 1.82) is 0 Å². The maximum Gasteiger partial charge on any atom is 0.387 e. The lowest BCUT2D eigenvalue weighted by Crippen LogP contribution is -2.13. The number of alkyl halides is 2. The number of ether oxygens (including phenoxy) is 1. The number of halogens is 4. The highest BCUT2D eigenvalue weighted by molar-refractivity contribution is 6.33. The summed E-state index contributed by atoms with van der Waals surface area (Å²) in [6, 6.07) is 14.7. The zero-order valence-electron chi connectivity index (χ0n) is 16.2. The van der Waals surface area contributed by atoms with Crippen molar-refractivity contribution in [3.63, 3.8) is 0 Å². The molecule has 164 valence electrons. The minimum atomic E-state index is -2.90. The summed E-state index contributed by atoms with van der Waals surface area (Å²) in [5.41, 5.74) is 2.22. The van der Waals surface area contributed by atoms with Crippen molar-refractivity contribution in [3.05, 3.63) is 82.1 Å². The third-order valence-corrected chi connectivity index (χ3v) is 4.93. The molecule has 0 atom stereocenters. The SMILES string of the molecule is O=C(Nc1nn(Cc2ccc(Cl)cc2)cc1Cl)c1cc(-c2ccc(OC(F)F)cc2)n[nH]1. The molecule has 2 heterocycles. The summed E-state index contributed by atoms with van der Waals surface area (Å²) in [6.45, 7) is -2.45. The number of anilines is 1. The van der Waals surface area contributed by atoms with Crippen LogP contribution in [-0.4, -0.2) is 32.5 Å². The first kappa shape index (κ1) is 21.8. The highest BCUT2D eigenvalue weighted by Crippen LogP contribution is 2.24. The van der Waals surface area contributed by atoms with E-state index in [0.29, 0.717) is 22.8 Å². The van der Waals surface area contributed by atoms with E-state index in [1.807, 2.05) is 12.1 Å². The molecule has 0 unspecified atom stereocenters. The molecule has 0 radical (unpaired) electrons. The number of aromatic nitrogens is 4. The second-order valence-electron chi connectivity index (χ2n) is 6.67. The van der Waals surface area contributed by atoms with Gasteiger partial charge in [-0.15, -0.1) is 0 Å². The number of nitrogens with zero attached hydrogens (tertiary/aromatic N) is 3. The molecule has 0 fully saturated rings. The van der Waals surface area contributed by atoms with Crippen LogP contribution in [0.25, 0.3) is 11.3 Å². The Hall–Kier alpha value is -3.43. The quantitative estimate of drug-likeness (QED) is 0.368. The molecular formula is C21H15Cl2F2N5O2. The molecule has 0 aliphatic heterocycles. The van der Waals surface area contributed by atoms with Crippen LogP contribution in [0.2, 0.25) is 10.0 Å². The van der Waals surface area contributed by atoms with Crippen LogP contribution in [0.5, 0.6) is 5.75 Å². The van der Waals surface area contributed by atoms with E-state index in [1.165, 1.54) is 18.2 Å². The third-order valence-electron chi connectivity index (χ3n) is 4.40. The van der Waals surface area contributed by atoms with E-state index in [0.717, 1.165) is 5.56 Å². The molecule has 0 bridgehead atoms. The summed E-state index contributed by atoms with van der Waals surface area (Å²) in [4.78, 5) is 12.6. The lowest BCUT2D eigenvalue weighted by molar-refractivity contribution is -0.0498. The molecule has 0 aliphatic carbocycles. The fourth-order valence-electron chi connectivity index (χ4n) is 2.91. The highest BCUT2D eigenvalue weighted by Gasteiger charge is 2.16. The van der Waals surface area contributed by atoms with Crippen molar-refractivity contribution in [3.8, 4) is 17.0 Å². The Bertz CT molecular complexity index is 1220. The molecule has 2 N–H and O–H groups in total. The van der Waals surface area contributed by atoms with Gasteiger partial charge in [-0.1, -0.05) is 35.3 Å². The van der Waals surface area contributed by atoms with Crippen LogP contribution in [-0.2, 0) is 6.54 Å². The Kier molecular flexibility index (Phi) is 6.38. The summed E-state index contributed by atoms with van der Waals surface area (Å²) < 4.78 is 30.4. The molecule has 0 saturated carbocycles. The zero-order chi connectivity index (χ0) is 22.7. The van der Waals surface area contributed by atoms with E-state index in [-0.39, 0.29) is 22.3 Å². The molecule has 2 aromatic carbocycles. The molecule has 2 aromatic heterocycles. The standard InChI is InChI=1S/C21H15Cl2F2N5O2/c22-14-5-1-12(2-6-14)10-30-11-16(23)19(29-30)26-20(31)18-9-17(27-28-18)13-3-7-15(8-4-13)32-21(24)25/h1-9,11,21H,10H2,(H,27,28)(H,26,29,31). The van der Waals surface area contributed by atoms with Crippen LogP contribution < -0.4 is 10.1 Å². The number of carbonyl (C=O) groups is 1. The maximum atomic E-state index is 12.6. The number of rotatable bonds is 7. The van der Waals surface area contributed by atoms with Gasteiger partial charge < -0.3 is 10.1 Å². The molecule has 32 heavy (non-hydrogen) atoms. The van der Waals surface area contributed by atoms with Crippen molar-refractivity contribution in [2.75, 3.05) is 5.32 Å². The Morgan fingerprint density at radius 1 is 1.12 bits per heavy atom. The molecule has 0 spiro atoms. The molecule has 4 rings (SSSR count). The number of H-pyrrole nitrogens is 1. The summed E-state index contributed by atoms with van der Waals surface area (Å²) >= 11 is 12.1. The highest BCUT2D eigenvalue weighted by atomic mass is 35.5. The van der Waals surface area contributed by atoms with Gasteiger partial charge in [0.05, 0.1) is 12.2 Å². The van der Waals surface area contributed by atoms with Crippen molar-refractivity contribution in [2.24, 2.45) is 0 Å². The van der Waals surface area contributed by atoms with Gasteiger partial charge in [0.15, 0.2) is 5.82 Å². The van der Waals surface area contributed by atoms with E-state index in [1.54, 1.807) is 35.1 Å². The number of aromatic amines is 1. The van der Waals surface area contributed by atoms with Gasteiger partial charge in [-0.3, -0.25) is 14.6 Å². The van der Waals surface area contributed by atoms with Crippen molar-refractivity contribution in [2.45, 2.75) is 13.2 Å². The average molecular weight is 478 g/mol. The number of hydrogen-bond donors (Lipinski definition) is 2. The Labute approximate surface area is 190 Å². The smallest absolute Gasteiger partial charge is 0.387 e. The molecule has 0 aliphatic rings. The van der Waals surface area contributed by atoms with Gasteiger partial charge in [0, 0.05) is 16.8 Å². The number of nitrogens with one attached hydrogen (secondary N) is 2. The van der Waals surface area contributed by atoms with Gasteiger partial charge >= 0.3 is 6.61 Å². The Morgan fingerprint density at radius 2 is 1.84 bits per heavy atom. The van der Waals surface area contributed by atoms with Crippen LogP contribution >= 0.6 is 23.2 Å². The van der Waals surface area contributed by atoms with E-state index in [4.69, 9.17) is 23.2 Å². The largest absolute Gasteiger partial charge is 0.435 e. The predicted octanol–water partition coefficient (Wildman–Crippen LogP) is 5.48. The third kappa shape index (κ3) is 5.24. The monoisotopic (exact) mass is 477 g/mol. The first-order valence-electron chi connectivity index (χ1n) is 9.27. The first-order valence-corrected chi connectivity index (χ1v) is 10.0. The minimum absolute atomic E-state index is 0.0288. The molecule has 11 heteroatoms. The summed E-state index contributed by atoms with van der Waals surface area (Å²) in [6.07, 6.45) is 1.60. The van der Waals surface area contributed by atoms with Crippen molar-refractivity contribution < 1.29 is 18.3 Å². The lowest BCUT2D eigenvalue weighted by atomic mass is 10.1.